The Hall–Kier alpha value is -4.38. The van der Waals surface area contributed by atoms with E-state index in [0.717, 1.165) is 52.1 Å². The van der Waals surface area contributed by atoms with Gasteiger partial charge in [0.25, 0.3) is 5.91 Å². The van der Waals surface area contributed by atoms with Crippen LogP contribution in [0.15, 0.2) is 49.3 Å². The summed E-state index contributed by atoms with van der Waals surface area (Å²) in [6.45, 7) is 8.94. The number of pyridine rings is 1. The number of hydrogen-bond acceptors (Lipinski definition) is 8. The number of nitrogens with one attached hydrogen (secondary N) is 2. The highest BCUT2D eigenvalue weighted by atomic mass is 16.1. The van der Waals surface area contributed by atoms with Gasteiger partial charge in [0.1, 0.15) is 6.33 Å². The topological polar surface area (TPSA) is 118 Å². The quantitative estimate of drug-likeness (QED) is 0.331. The molecule has 6 rings (SSSR count). The van der Waals surface area contributed by atoms with E-state index >= 15 is 0 Å². The fourth-order valence-electron chi connectivity index (χ4n) is 5.40. The average molecular weight is 525 g/mol. The van der Waals surface area contributed by atoms with Crippen molar-refractivity contribution in [3.8, 4) is 11.3 Å². The molecule has 1 amide bonds. The third-order valence-corrected chi connectivity index (χ3v) is 7.66. The summed E-state index contributed by atoms with van der Waals surface area (Å²) in [5, 5.41) is 16.7. The number of likely N-dealkylation sites (tertiary alicyclic amines) is 1. The van der Waals surface area contributed by atoms with E-state index in [1.165, 1.54) is 19.2 Å². The van der Waals surface area contributed by atoms with E-state index in [1.54, 1.807) is 18.6 Å². The second-order valence-corrected chi connectivity index (χ2v) is 10.7. The maximum absolute atomic E-state index is 12.9. The molecule has 11 nitrogen and oxygen atoms in total. The molecule has 0 radical (unpaired) electrons. The number of carbonyl (C=O) groups is 1. The first-order chi connectivity index (χ1) is 18.8. The molecule has 6 heterocycles. The fourth-order valence-corrected chi connectivity index (χ4v) is 5.40. The third-order valence-electron chi connectivity index (χ3n) is 7.66. The van der Waals surface area contributed by atoms with E-state index < -0.39 is 0 Å². The van der Waals surface area contributed by atoms with Gasteiger partial charge in [-0.2, -0.15) is 10.2 Å². The molecule has 0 unspecified atom stereocenters. The maximum atomic E-state index is 12.9. The summed E-state index contributed by atoms with van der Waals surface area (Å²) in [6.07, 6.45) is 11.0. The molecule has 1 saturated heterocycles. The third kappa shape index (κ3) is 4.69. The largest absolute Gasteiger partial charge is 0.351 e. The van der Waals surface area contributed by atoms with E-state index in [1.807, 2.05) is 47.6 Å². The molecule has 0 aromatic carbocycles. The predicted octanol–water partition coefficient (Wildman–Crippen LogP) is 3.73. The summed E-state index contributed by atoms with van der Waals surface area (Å²) in [5.74, 6) is 0.508. The summed E-state index contributed by atoms with van der Waals surface area (Å²) < 4.78 is 3.66. The number of aryl methyl sites for hydroxylation is 2. The first kappa shape index (κ1) is 24.9. The van der Waals surface area contributed by atoms with Crippen LogP contribution in [0.4, 0.5) is 11.5 Å². The molecule has 0 aliphatic carbocycles. The molecule has 0 bridgehead atoms. The molecule has 200 valence electrons. The molecule has 0 atom stereocenters. The van der Waals surface area contributed by atoms with Crippen LogP contribution in [-0.4, -0.2) is 70.3 Å². The van der Waals surface area contributed by atoms with Crippen LogP contribution in [0.25, 0.3) is 27.7 Å². The second kappa shape index (κ2) is 9.73. The number of nitrogens with zero attached hydrogens (tertiary/aromatic N) is 8. The van der Waals surface area contributed by atoms with Crippen LogP contribution >= 0.6 is 0 Å². The number of hydrogen-bond donors (Lipinski definition) is 2. The van der Waals surface area contributed by atoms with Crippen LogP contribution in [0.1, 0.15) is 42.7 Å². The van der Waals surface area contributed by atoms with E-state index in [-0.39, 0.29) is 11.4 Å². The van der Waals surface area contributed by atoms with Crippen LogP contribution in [0.3, 0.4) is 0 Å². The zero-order valence-corrected chi connectivity index (χ0v) is 22.6. The monoisotopic (exact) mass is 524 g/mol. The van der Waals surface area contributed by atoms with Gasteiger partial charge in [0, 0.05) is 49.8 Å². The Kier molecular flexibility index (Phi) is 6.22. The molecular weight excluding hydrogens is 492 g/mol. The van der Waals surface area contributed by atoms with Gasteiger partial charge in [0.15, 0.2) is 5.82 Å². The number of fused-ring (bicyclic) bond motifs is 3. The minimum atomic E-state index is -0.137. The average Bonchev–Trinajstić information content (AvgIpc) is 3.60. The second-order valence-electron chi connectivity index (χ2n) is 10.7. The highest BCUT2D eigenvalue weighted by Crippen LogP contribution is 2.31. The van der Waals surface area contributed by atoms with Gasteiger partial charge in [-0.15, -0.1) is 0 Å². The normalized spacial score (nSPS) is 15.3. The molecule has 39 heavy (non-hydrogen) atoms. The minimum absolute atomic E-state index is 0.137. The minimum Gasteiger partial charge on any atom is -0.351 e. The molecule has 1 fully saturated rings. The van der Waals surface area contributed by atoms with Gasteiger partial charge < -0.3 is 10.6 Å². The highest BCUT2D eigenvalue weighted by Gasteiger charge is 2.31. The molecule has 0 spiro atoms. The van der Waals surface area contributed by atoms with Gasteiger partial charge in [-0.25, -0.2) is 14.5 Å². The predicted molar refractivity (Wildman–Crippen MR) is 150 cm³/mol. The van der Waals surface area contributed by atoms with Gasteiger partial charge in [-0.05, 0) is 58.4 Å². The van der Waals surface area contributed by atoms with E-state index in [2.05, 4.69) is 49.4 Å². The molecular formula is C28H32N10O. The Bertz CT molecular complexity index is 1670. The summed E-state index contributed by atoms with van der Waals surface area (Å²) in [6, 6.07) is 5.74. The van der Waals surface area contributed by atoms with E-state index in [4.69, 9.17) is 5.10 Å². The van der Waals surface area contributed by atoms with Gasteiger partial charge >= 0.3 is 0 Å². The van der Waals surface area contributed by atoms with Gasteiger partial charge in [-0.1, -0.05) is 0 Å². The molecule has 5 aromatic rings. The van der Waals surface area contributed by atoms with Crippen LogP contribution in [-0.2, 0) is 7.05 Å². The number of aromatic nitrogens is 7. The van der Waals surface area contributed by atoms with Crippen molar-refractivity contribution in [2.75, 3.05) is 25.0 Å². The zero-order chi connectivity index (χ0) is 27.1. The SMILES string of the molecule is Cc1ncc(C(=O)NCCN2CCCC2(C)C)cc1Nc1nn(C)c2c1cnn1cc(-c3ccncn3)cc21. The van der Waals surface area contributed by atoms with Crippen LogP contribution < -0.4 is 10.6 Å². The standard InChI is InChI=1S/C28H32N10O/c1-18-23(12-19(14-31-18)27(39)30-9-11-37-10-5-7-28(37,2)3)34-26-21-15-33-38-16-20(22-6-8-29-17-32-22)13-24(38)25(21)36(4)35-26/h6,8,12-17H,5,7,9-11H2,1-4H3,(H,30,39)(H,34,35). The molecule has 1 aliphatic rings. The number of amides is 1. The molecule has 0 saturated carbocycles. The van der Waals surface area contributed by atoms with Gasteiger partial charge in [0.2, 0.25) is 0 Å². The van der Waals surface area contributed by atoms with E-state index in [0.29, 0.717) is 17.9 Å². The van der Waals surface area contributed by atoms with Crippen LogP contribution in [0, 0.1) is 6.92 Å². The number of anilines is 2. The smallest absolute Gasteiger partial charge is 0.252 e. The van der Waals surface area contributed by atoms with Crippen molar-refractivity contribution in [2.45, 2.75) is 39.2 Å². The first-order valence-corrected chi connectivity index (χ1v) is 13.2. The van der Waals surface area contributed by atoms with Crippen molar-refractivity contribution >= 4 is 33.8 Å². The Labute approximate surface area is 226 Å². The summed E-state index contributed by atoms with van der Waals surface area (Å²) in [4.78, 5) is 28.2. The fraction of sp³-hybridized carbons (Fsp3) is 0.357. The lowest BCUT2D eigenvalue weighted by Crippen LogP contribution is -2.43. The number of carbonyl (C=O) groups excluding carboxylic acids is 1. The van der Waals surface area contributed by atoms with Crippen molar-refractivity contribution < 1.29 is 4.79 Å². The van der Waals surface area contributed by atoms with E-state index in [9.17, 15) is 4.79 Å². The highest BCUT2D eigenvalue weighted by molar-refractivity contribution is 6.01. The first-order valence-electron chi connectivity index (χ1n) is 13.2. The lowest BCUT2D eigenvalue weighted by Gasteiger charge is -2.31. The van der Waals surface area contributed by atoms with Gasteiger partial charge in [0.05, 0.1) is 45.3 Å². The number of rotatable bonds is 7. The molecule has 11 heteroatoms. The Balaban J connectivity index is 1.23. The van der Waals surface area contributed by atoms with Crippen molar-refractivity contribution in [1.82, 2.24) is 44.6 Å². The van der Waals surface area contributed by atoms with Crippen molar-refractivity contribution in [3.63, 3.8) is 0 Å². The van der Waals surface area contributed by atoms with Gasteiger partial charge in [-0.3, -0.25) is 19.4 Å². The maximum Gasteiger partial charge on any atom is 0.252 e. The Morgan fingerprint density at radius 1 is 1.18 bits per heavy atom. The summed E-state index contributed by atoms with van der Waals surface area (Å²) in [7, 11) is 1.90. The van der Waals surface area contributed by atoms with Crippen LogP contribution in [0.2, 0.25) is 0 Å². The molecule has 5 aromatic heterocycles. The van der Waals surface area contributed by atoms with Crippen LogP contribution in [0.5, 0.6) is 0 Å². The van der Waals surface area contributed by atoms with Crippen molar-refractivity contribution in [2.24, 2.45) is 7.05 Å². The molecule has 2 N–H and O–H groups in total. The Morgan fingerprint density at radius 3 is 2.82 bits per heavy atom. The lowest BCUT2D eigenvalue weighted by atomic mass is 10.0. The Morgan fingerprint density at radius 2 is 2.05 bits per heavy atom. The summed E-state index contributed by atoms with van der Waals surface area (Å²) in [5.41, 5.74) is 5.80. The van der Waals surface area contributed by atoms with Crippen molar-refractivity contribution in [3.05, 3.63) is 60.6 Å². The zero-order valence-electron chi connectivity index (χ0n) is 22.6. The summed E-state index contributed by atoms with van der Waals surface area (Å²) >= 11 is 0. The van der Waals surface area contributed by atoms with Crippen molar-refractivity contribution in [1.29, 1.82) is 0 Å². The molecule has 1 aliphatic heterocycles. The lowest BCUT2D eigenvalue weighted by molar-refractivity contribution is 0.0940.